The van der Waals surface area contributed by atoms with Gasteiger partial charge >= 0.3 is 0 Å². The van der Waals surface area contributed by atoms with Gasteiger partial charge in [0.1, 0.15) is 10.6 Å². The van der Waals surface area contributed by atoms with Crippen LogP contribution in [0.5, 0.6) is 5.75 Å². The number of benzene rings is 2. The van der Waals surface area contributed by atoms with Crippen molar-refractivity contribution in [2.75, 3.05) is 17.3 Å². The number of ether oxygens (including phenoxy) is 1. The topological polar surface area (TPSA) is 123 Å². The van der Waals surface area contributed by atoms with E-state index in [9.17, 15) is 18.5 Å². The summed E-state index contributed by atoms with van der Waals surface area (Å²) >= 11 is 1.46. The molecule has 0 amide bonds. The second-order valence-corrected chi connectivity index (χ2v) is 8.26. The molecule has 0 fully saturated rings. The third-order valence-electron chi connectivity index (χ3n) is 3.74. The summed E-state index contributed by atoms with van der Waals surface area (Å²) in [6, 6.07) is 13.6. The molecule has 0 atom stereocenters. The molecule has 9 nitrogen and oxygen atoms in total. The van der Waals surface area contributed by atoms with E-state index in [2.05, 4.69) is 15.2 Å². The van der Waals surface area contributed by atoms with Crippen LogP contribution in [0.4, 0.5) is 17.1 Å². The number of non-ortho nitro benzene ring substituents is 1. The quantitative estimate of drug-likeness (QED) is 0.316. The molecule has 3 aromatic rings. The van der Waals surface area contributed by atoms with Crippen LogP contribution >= 0.6 is 11.3 Å². The van der Waals surface area contributed by atoms with Gasteiger partial charge < -0.3 is 4.74 Å². The van der Waals surface area contributed by atoms with Crippen molar-refractivity contribution in [2.45, 2.75) is 4.90 Å². The predicted octanol–water partition coefficient (Wildman–Crippen LogP) is 3.91. The fourth-order valence-corrected chi connectivity index (χ4v) is 4.23. The Morgan fingerprint density at radius 3 is 2.62 bits per heavy atom. The number of para-hydroxylation sites is 2. The lowest BCUT2D eigenvalue weighted by Crippen LogP contribution is -2.15. The zero-order chi connectivity index (χ0) is 20.9. The molecule has 0 radical (unpaired) electrons. The minimum Gasteiger partial charge on any atom is -0.495 e. The van der Waals surface area contributed by atoms with Gasteiger partial charge in [-0.2, -0.15) is 5.10 Å². The third kappa shape index (κ3) is 4.89. The molecule has 0 unspecified atom stereocenters. The lowest BCUT2D eigenvalue weighted by Gasteiger charge is -2.14. The van der Waals surface area contributed by atoms with Gasteiger partial charge in [0.25, 0.3) is 15.7 Å². The van der Waals surface area contributed by atoms with Crippen molar-refractivity contribution >= 4 is 44.6 Å². The first kappa shape index (κ1) is 20.3. The molecular weight excluding hydrogens is 416 g/mol. The van der Waals surface area contributed by atoms with Crippen LogP contribution in [0.25, 0.3) is 0 Å². The normalized spacial score (nSPS) is 11.3. The largest absolute Gasteiger partial charge is 0.495 e. The lowest BCUT2D eigenvalue weighted by atomic mass is 10.3. The molecule has 0 aliphatic carbocycles. The number of nitrogens with one attached hydrogen (secondary N) is 2. The van der Waals surface area contributed by atoms with Gasteiger partial charge in [-0.15, -0.1) is 11.3 Å². The van der Waals surface area contributed by atoms with Crippen LogP contribution in [0, 0.1) is 10.1 Å². The first-order valence-corrected chi connectivity index (χ1v) is 10.5. The molecule has 29 heavy (non-hydrogen) atoms. The van der Waals surface area contributed by atoms with Crippen molar-refractivity contribution in [2.24, 2.45) is 5.10 Å². The number of sulfonamides is 1. The monoisotopic (exact) mass is 432 g/mol. The van der Waals surface area contributed by atoms with Crippen molar-refractivity contribution in [3.8, 4) is 5.75 Å². The highest BCUT2D eigenvalue weighted by molar-refractivity contribution is 7.93. The number of nitro groups is 1. The summed E-state index contributed by atoms with van der Waals surface area (Å²) in [5, 5.41) is 17.0. The van der Waals surface area contributed by atoms with E-state index in [1.54, 1.807) is 18.2 Å². The minimum atomic E-state index is -4.19. The molecule has 11 heteroatoms. The molecule has 0 bridgehead atoms. The van der Waals surface area contributed by atoms with Gasteiger partial charge in [0.15, 0.2) is 0 Å². The molecule has 1 aromatic heterocycles. The van der Waals surface area contributed by atoms with Gasteiger partial charge in [-0.1, -0.05) is 18.2 Å². The standard InChI is InChI=1S/C18H16N4O5S2/c1-27-17-7-3-2-6-15(17)21-29(25,26)18-11-13(22(23)24)8-9-16(18)20-19-12-14-5-4-10-28-14/h2-12,20-21H,1H3/b19-12+. The molecular formula is C18H16N4O5S2. The van der Waals surface area contributed by atoms with Crippen LogP contribution < -0.4 is 14.9 Å². The fraction of sp³-hybridized carbons (Fsp3) is 0.0556. The Bertz CT molecular complexity index is 1140. The molecule has 0 spiro atoms. The van der Waals surface area contributed by atoms with Crippen molar-refractivity contribution in [1.29, 1.82) is 0 Å². The van der Waals surface area contributed by atoms with Gasteiger partial charge in [-0.25, -0.2) is 8.42 Å². The maximum absolute atomic E-state index is 13.0. The summed E-state index contributed by atoms with van der Waals surface area (Å²) in [5.41, 5.74) is 2.57. The fourth-order valence-electron chi connectivity index (χ4n) is 2.40. The summed E-state index contributed by atoms with van der Waals surface area (Å²) < 4.78 is 33.5. The predicted molar refractivity (Wildman–Crippen MR) is 112 cm³/mol. The van der Waals surface area contributed by atoms with E-state index in [4.69, 9.17) is 4.74 Å². The van der Waals surface area contributed by atoms with Gasteiger partial charge in [-0.05, 0) is 29.6 Å². The summed E-state index contributed by atoms with van der Waals surface area (Å²) in [7, 11) is -2.78. The van der Waals surface area contributed by atoms with Crippen LogP contribution in [0.1, 0.15) is 4.88 Å². The van der Waals surface area contributed by atoms with Gasteiger partial charge in [-0.3, -0.25) is 20.3 Å². The van der Waals surface area contributed by atoms with E-state index in [-0.39, 0.29) is 22.0 Å². The first-order valence-electron chi connectivity index (χ1n) is 8.17. The van der Waals surface area contributed by atoms with Crippen molar-refractivity contribution < 1.29 is 18.1 Å². The summed E-state index contributed by atoms with van der Waals surface area (Å²) in [5.74, 6) is 0.312. The van der Waals surface area contributed by atoms with E-state index >= 15 is 0 Å². The number of thiophene rings is 1. The average Bonchev–Trinajstić information content (AvgIpc) is 3.21. The van der Waals surface area contributed by atoms with E-state index < -0.39 is 14.9 Å². The maximum Gasteiger partial charge on any atom is 0.270 e. The molecule has 0 aliphatic rings. The van der Waals surface area contributed by atoms with Crippen molar-refractivity contribution in [1.82, 2.24) is 0 Å². The Labute approximate surface area is 170 Å². The summed E-state index contributed by atoms with van der Waals surface area (Å²) in [6.45, 7) is 0. The number of rotatable bonds is 8. The van der Waals surface area contributed by atoms with Gasteiger partial charge in [0.2, 0.25) is 0 Å². The molecule has 150 valence electrons. The van der Waals surface area contributed by atoms with Gasteiger partial charge in [0.05, 0.1) is 29.6 Å². The van der Waals surface area contributed by atoms with Crippen LogP contribution in [-0.2, 0) is 10.0 Å². The molecule has 2 N–H and O–H groups in total. The van der Waals surface area contributed by atoms with E-state index in [1.807, 2.05) is 17.5 Å². The minimum absolute atomic E-state index is 0.0887. The molecule has 2 aromatic carbocycles. The van der Waals surface area contributed by atoms with Crippen LogP contribution in [0.3, 0.4) is 0 Å². The molecule has 1 heterocycles. The van der Waals surface area contributed by atoms with Crippen molar-refractivity contribution in [3.63, 3.8) is 0 Å². The van der Waals surface area contributed by atoms with E-state index in [0.717, 1.165) is 10.9 Å². The zero-order valence-electron chi connectivity index (χ0n) is 15.1. The molecule has 0 saturated heterocycles. The first-order chi connectivity index (χ1) is 13.9. The second-order valence-electron chi connectivity index (χ2n) is 5.63. The van der Waals surface area contributed by atoms with Crippen LogP contribution in [0.2, 0.25) is 0 Å². The summed E-state index contributed by atoms with van der Waals surface area (Å²) in [4.78, 5) is 11.0. The number of methoxy groups -OCH3 is 1. The van der Waals surface area contributed by atoms with Gasteiger partial charge in [0, 0.05) is 17.0 Å². The van der Waals surface area contributed by atoms with E-state index in [0.29, 0.717) is 5.75 Å². The number of hydrazone groups is 1. The molecule has 0 aliphatic heterocycles. The lowest BCUT2D eigenvalue weighted by molar-refractivity contribution is -0.385. The molecule has 3 rings (SSSR count). The Kier molecular flexibility index (Phi) is 6.10. The highest BCUT2D eigenvalue weighted by Crippen LogP contribution is 2.31. The number of nitro benzene ring substituents is 1. The summed E-state index contributed by atoms with van der Waals surface area (Å²) in [6.07, 6.45) is 1.52. The number of nitrogens with zero attached hydrogens (tertiary/aromatic N) is 2. The Balaban J connectivity index is 1.97. The van der Waals surface area contributed by atoms with Crippen LogP contribution in [-0.4, -0.2) is 26.7 Å². The maximum atomic E-state index is 13.0. The average molecular weight is 432 g/mol. The highest BCUT2D eigenvalue weighted by Gasteiger charge is 2.23. The molecule has 0 saturated carbocycles. The van der Waals surface area contributed by atoms with Crippen molar-refractivity contribution in [3.05, 3.63) is 75.0 Å². The Hall–Kier alpha value is -3.44. The second kappa shape index (κ2) is 8.71. The number of hydrogen-bond acceptors (Lipinski definition) is 8. The number of anilines is 2. The Morgan fingerprint density at radius 2 is 1.93 bits per heavy atom. The van der Waals surface area contributed by atoms with E-state index in [1.165, 1.54) is 42.9 Å². The van der Waals surface area contributed by atoms with Crippen LogP contribution in [0.15, 0.2) is 70.0 Å². The SMILES string of the molecule is COc1ccccc1NS(=O)(=O)c1cc([N+](=O)[O-])ccc1N/N=C/c1cccs1. The zero-order valence-corrected chi connectivity index (χ0v) is 16.7. The Morgan fingerprint density at radius 1 is 1.14 bits per heavy atom. The smallest absolute Gasteiger partial charge is 0.270 e. The number of hydrogen-bond donors (Lipinski definition) is 2. The highest BCUT2D eigenvalue weighted by atomic mass is 32.2. The third-order valence-corrected chi connectivity index (χ3v) is 5.95.